The largest absolute Gasteiger partial charge is 0.338 e. The average molecular weight is 503 g/mol. The molecule has 1 aliphatic heterocycles. The molecule has 1 aromatic carbocycles. The zero-order chi connectivity index (χ0) is 23.8. The summed E-state index contributed by atoms with van der Waals surface area (Å²) in [5.74, 6) is 1.38. The van der Waals surface area contributed by atoms with Crippen LogP contribution in [0.25, 0.3) is 16.7 Å². The highest BCUT2D eigenvalue weighted by Gasteiger charge is 2.21. The number of nitrogens with one attached hydrogen (secondary N) is 2. The molecule has 36 heavy (non-hydrogen) atoms. The van der Waals surface area contributed by atoms with Gasteiger partial charge in [-0.3, -0.25) is 0 Å². The van der Waals surface area contributed by atoms with E-state index in [1.807, 2.05) is 6.20 Å². The van der Waals surface area contributed by atoms with Gasteiger partial charge in [-0.25, -0.2) is 29.4 Å². The van der Waals surface area contributed by atoms with E-state index in [4.69, 9.17) is 4.98 Å². The molecule has 0 amide bonds. The molecule has 0 saturated carbocycles. The van der Waals surface area contributed by atoms with Crippen LogP contribution in [0.2, 0.25) is 0 Å². The van der Waals surface area contributed by atoms with Gasteiger partial charge in [0.25, 0.3) is 0 Å². The molecule has 6 rings (SSSR count). The molecule has 1 fully saturated rings. The van der Waals surface area contributed by atoms with Gasteiger partial charge in [0.05, 0.1) is 6.20 Å². The number of aromatic nitrogens is 7. The van der Waals surface area contributed by atoms with E-state index >= 15 is 0 Å². The number of hydrogen-bond acceptors (Lipinski definition) is 9. The monoisotopic (exact) mass is 502 g/mol. The van der Waals surface area contributed by atoms with Crippen molar-refractivity contribution in [3.05, 3.63) is 72.1 Å². The Bertz CT molecular complexity index is 1520. The first-order valence-corrected chi connectivity index (χ1v) is 11.7. The van der Waals surface area contributed by atoms with Crippen molar-refractivity contribution in [2.75, 3.05) is 29.9 Å². The smallest absolute Gasteiger partial charge is 0.226 e. The van der Waals surface area contributed by atoms with Crippen LogP contribution in [0.5, 0.6) is 0 Å². The summed E-state index contributed by atoms with van der Waals surface area (Å²) in [6.07, 6.45) is 7.66. The number of piperazine rings is 1. The number of nitrogens with zero attached hydrogens (tertiary/aromatic N) is 8. The third-order valence-electron chi connectivity index (χ3n) is 6.47. The van der Waals surface area contributed by atoms with Gasteiger partial charge in [0.15, 0.2) is 11.5 Å². The van der Waals surface area contributed by atoms with Crippen molar-refractivity contribution < 1.29 is 0 Å². The molecular weight excluding hydrogens is 476 g/mol. The quantitative estimate of drug-likeness (QED) is 0.374. The first-order chi connectivity index (χ1) is 17.1. The van der Waals surface area contributed by atoms with E-state index in [1.54, 1.807) is 23.4 Å². The second-order valence-electron chi connectivity index (χ2n) is 8.91. The topological polar surface area (TPSA) is 109 Å². The Labute approximate surface area is 214 Å². The zero-order valence-corrected chi connectivity index (χ0v) is 20.9. The van der Waals surface area contributed by atoms with Gasteiger partial charge in [0.2, 0.25) is 5.95 Å². The van der Waals surface area contributed by atoms with Crippen LogP contribution in [0.15, 0.2) is 55.4 Å². The van der Waals surface area contributed by atoms with Crippen molar-refractivity contribution in [1.29, 1.82) is 0 Å². The molecule has 0 radical (unpaired) electrons. The predicted molar refractivity (Wildman–Crippen MR) is 142 cm³/mol. The van der Waals surface area contributed by atoms with Crippen molar-refractivity contribution >= 4 is 46.5 Å². The van der Waals surface area contributed by atoms with Gasteiger partial charge in [-0.05, 0) is 61.2 Å². The van der Waals surface area contributed by atoms with Crippen LogP contribution >= 0.6 is 12.4 Å². The number of hydrogen-bond donors (Lipinski definition) is 2. The Morgan fingerprint density at radius 1 is 1.08 bits per heavy atom. The zero-order valence-electron chi connectivity index (χ0n) is 20.1. The molecule has 0 aliphatic carbocycles. The molecule has 4 aromatic heterocycles. The third-order valence-corrected chi connectivity index (χ3v) is 6.47. The fraction of sp³-hybridized carbons (Fsp3) is 0.280. The second kappa shape index (κ2) is 10.00. The van der Waals surface area contributed by atoms with Crippen molar-refractivity contribution in [2.24, 2.45) is 0 Å². The number of rotatable bonds is 5. The molecule has 0 unspecified atom stereocenters. The summed E-state index contributed by atoms with van der Waals surface area (Å²) in [6.45, 7) is 7.00. The van der Waals surface area contributed by atoms with Crippen LogP contribution in [0.1, 0.15) is 23.6 Å². The molecule has 2 N–H and O–H groups in total. The summed E-state index contributed by atoms with van der Waals surface area (Å²) >= 11 is 0. The van der Waals surface area contributed by atoms with Gasteiger partial charge in [-0.1, -0.05) is 6.07 Å². The lowest BCUT2D eigenvalue weighted by atomic mass is 10.0. The van der Waals surface area contributed by atoms with Gasteiger partial charge < -0.3 is 15.5 Å². The Balaban J connectivity index is 0.00000267. The minimum absolute atomic E-state index is 0. The lowest BCUT2D eigenvalue weighted by molar-refractivity contribution is 0.493. The lowest BCUT2D eigenvalue weighted by Gasteiger charge is -2.33. The molecule has 5 heterocycles. The Hall–Kier alpha value is -3.89. The van der Waals surface area contributed by atoms with Crippen LogP contribution in [-0.2, 0) is 6.42 Å². The van der Waals surface area contributed by atoms with E-state index in [0.29, 0.717) is 28.8 Å². The maximum absolute atomic E-state index is 4.85. The molecule has 1 aliphatic rings. The van der Waals surface area contributed by atoms with Crippen LogP contribution in [0.3, 0.4) is 0 Å². The Morgan fingerprint density at radius 2 is 2.00 bits per heavy atom. The summed E-state index contributed by atoms with van der Waals surface area (Å²) < 4.78 is 1.77. The Kier molecular flexibility index (Phi) is 6.62. The maximum Gasteiger partial charge on any atom is 0.226 e. The summed E-state index contributed by atoms with van der Waals surface area (Å²) in [5, 5.41) is 11.0. The minimum atomic E-state index is 0. The highest BCUT2D eigenvalue weighted by molar-refractivity contribution is 5.87. The number of fused-ring (bicyclic) bond motifs is 2. The third kappa shape index (κ3) is 4.65. The Morgan fingerprint density at radius 3 is 2.86 bits per heavy atom. The minimum Gasteiger partial charge on any atom is -0.338 e. The van der Waals surface area contributed by atoms with E-state index in [9.17, 15) is 0 Å². The van der Waals surface area contributed by atoms with Crippen LogP contribution in [0, 0.1) is 6.92 Å². The number of benzene rings is 1. The molecule has 184 valence electrons. The maximum atomic E-state index is 4.85. The number of halogens is 1. The van der Waals surface area contributed by atoms with E-state index in [-0.39, 0.29) is 12.4 Å². The average Bonchev–Trinajstić information content (AvgIpc) is 3.34. The molecule has 10 nitrogen and oxygen atoms in total. The molecule has 0 bridgehead atoms. The molecule has 1 atom stereocenters. The molecule has 0 spiro atoms. The van der Waals surface area contributed by atoms with E-state index in [0.717, 1.165) is 37.4 Å². The summed E-state index contributed by atoms with van der Waals surface area (Å²) in [5.41, 5.74) is 6.88. The SMILES string of the molecule is Cc1cc(Nc2ncnc3cnc(N4CCNC[C@@H]4C)nc23)ccc1Cc1ccn2ncnc2c1.Cl. The van der Waals surface area contributed by atoms with Gasteiger partial charge in [-0.2, -0.15) is 5.10 Å². The fourth-order valence-electron chi connectivity index (χ4n) is 4.51. The van der Waals surface area contributed by atoms with E-state index in [2.05, 4.69) is 84.7 Å². The summed E-state index contributed by atoms with van der Waals surface area (Å²) in [6, 6.07) is 10.8. The normalized spacial score (nSPS) is 15.7. The van der Waals surface area contributed by atoms with Crippen molar-refractivity contribution in [1.82, 2.24) is 39.9 Å². The van der Waals surface area contributed by atoms with E-state index in [1.165, 1.54) is 16.7 Å². The number of pyridine rings is 1. The van der Waals surface area contributed by atoms with Gasteiger partial charge in [-0.15, -0.1) is 12.4 Å². The highest BCUT2D eigenvalue weighted by Crippen LogP contribution is 2.26. The van der Waals surface area contributed by atoms with Crippen molar-refractivity contribution in [3.63, 3.8) is 0 Å². The molecule has 5 aromatic rings. The predicted octanol–water partition coefficient (Wildman–Crippen LogP) is 3.33. The van der Waals surface area contributed by atoms with Crippen molar-refractivity contribution in [3.8, 4) is 0 Å². The van der Waals surface area contributed by atoms with Gasteiger partial charge in [0.1, 0.15) is 23.7 Å². The summed E-state index contributed by atoms with van der Waals surface area (Å²) in [4.78, 5) is 24.8. The van der Waals surface area contributed by atoms with Crippen LogP contribution < -0.4 is 15.5 Å². The molecule has 11 heteroatoms. The summed E-state index contributed by atoms with van der Waals surface area (Å²) in [7, 11) is 0. The van der Waals surface area contributed by atoms with Crippen molar-refractivity contribution in [2.45, 2.75) is 26.3 Å². The first-order valence-electron chi connectivity index (χ1n) is 11.7. The fourth-order valence-corrected chi connectivity index (χ4v) is 4.51. The number of anilines is 3. The molecular formula is C25H27ClN10. The first kappa shape index (κ1) is 23.8. The number of aryl methyl sites for hydroxylation is 1. The van der Waals surface area contributed by atoms with Gasteiger partial charge in [0, 0.05) is 37.6 Å². The standard InChI is InChI=1S/C25H26N10.ClH/c1-16-9-20(4-3-19(16)10-18-5-7-35-22(11-18)29-15-31-35)32-24-23-21(28-14-30-24)13-27-25(33-23)34-8-6-26-12-17(34)2;/h3-5,7,9,11,13-15,17,26H,6,8,10,12H2,1-2H3,(H,28,30,32);1H/t17-;/m0./s1. The highest BCUT2D eigenvalue weighted by atomic mass is 35.5. The second-order valence-corrected chi connectivity index (χ2v) is 8.91. The van der Waals surface area contributed by atoms with Gasteiger partial charge >= 0.3 is 0 Å². The van der Waals surface area contributed by atoms with Crippen LogP contribution in [0.4, 0.5) is 17.5 Å². The lowest BCUT2D eigenvalue weighted by Crippen LogP contribution is -2.50. The van der Waals surface area contributed by atoms with Crippen LogP contribution in [-0.4, -0.2) is 60.2 Å². The molecule has 1 saturated heterocycles. The van der Waals surface area contributed by atoms with E-state index < -0.39 is 0 Å².